The molecule has 0 radical (unpaired) electrons. The quantitative estimate of drug-likeness (QED) is 0.651. The van der Waals surface area contributed by atoms with Crippen LogP contribution < -0.4 is 14.4 Å². The predicted octanol–water partition coefficient (Wildman–Crippen LogP) is 4.95. The van der Waals surface area contributed by atoms with Gasteiger partial charge < -0.3 is 9.47 Å². The van der Waals surface area contributed by atoms with Crippen molar-refractivity contribution in [2.24, 2.45) is 0 Å². The van der Waals surface area contributed by atoms with Crippen molar-refractivity contribution in [1.82, 2.24) is 9.97 Å². The molecule has 7 heteroatoms. The largest absolute Gasteiger partial charge is 0.493 e. The summed E-state index contributed by atoms with van der Waals surface area (Å²) in [5, 5.41) is 0.887. The van der Waals surface area contributed by atoms with Gasteiger partial charge in [0.25, 0.3) is 0 Å². The molecule has 0 unspecified atom stereocenters. The van der Waals surface area contributed by atoms with Crippen LogP contribution in [0.25, 0.3) is 17.0 Å². The monoisotopic (exact) mass is 371 g/mol. The molecule has 0 saturated carbocycles. The van der Waals surface area contributed by atoms with Crippen LogP contribution in [0.3, 0.4) is 0 Å². The minimum atomic E-state index is -0.486. The lowest BCUT2D eigenvalue weighted by molar-refractivity contribution is 0.355. The Morgan fingerprint density at radius 2 is 1.92 bits per heavy atom. The summed E-state index contributed by atoms with van der Waals surface area (Å²) in [6, 6.07) is 6.47. The number of anilines is 2. The molecule has 4 rings (SSSR count). The van der Waals surface area contributed by atoms with Crippen molar-refractivity contribution in [2.75, 3.05) is 19.1 Å². The van der Waals surface area contributed by atoms with E-state index in [1.165, 1.54) is 18.5 Å². The fourth-order valence-electron chi connectivity index (χ4n) is 3.25. The van der Waals surface area contributed by atoms with Crippen molar-refractivity contribution in [1.29, 1.82) is 0 Å². The van der Waals surface area contributed by atoms with Gasteiger partial charge in [0, 0.05) is 17.3 Å². The molecule has 132 valence electrons. The second-order valence-corrected chi connectivity index (χ2v) is 6.24. The summed E-state index contributed by atoms with van der Waals surface area (Å²) in [5.41, 5.74) is 3.03. The minimum Gasteiger partial charge on any atom is -0.493 e. The number of halogens is 2. The van der Waals surface area contributed by atoms with E-state index in [-0.39, 0.29) is 5.02 Å². The number of ether oxygens (including phenoxy) is 2. The Hall–Kier alpha value is -2.86. The molecule has 1 aromatic heterocycles. The highest BCUT2D eigenvalue weighted by Crippen LogP contribution is 2.46. The summed E-state index contributed by atoms with van der Waals surface area (Å²) in [6.45, 7) is 1.92. The van der Waals surface area contributed by atoms with Crippen LogP contribution in [0.15, 0.2) is 36.3 Å². The lowest BCUT2D eigenvalue weighted by Gasteiger charge is -2.30. The van der Waals surface area contributed by atoms with Gasteiger partial charge in [-0.1, -0.05) is 11.6 Å². The van der Waals surface area contributed by atoms with Crippen LogP contribution in [0.2, 0.25) is 5.02 Å². The van der Waals surface area contributed by atoms with Crippen LogP contribution in [0.5, 0.6) is 11.5 Å². The molecule has 5 nitrogen and oxygen atoms in total. The van der Waals surface area contributed by atoms with Gasteiger partial charge in [-0.25, -0.2) is 14.4 Å². The van der Waals surface area contributed by atoms with Crippen molar-refractivity contribution in [3.05, 3.63) is 52.7 Å². The first-order chi connectivity index (χ1) is 12.5. The molecule has 1 aliphatic rings. The molecule has 26 heavy (non-hydrogen) atoms. The first kappa shape index (κ1) is 16.6. The Morgan fingerprint density at radius 3 is 2.62 bits per heavy atom. The van der Waals surface area contributed by atoms with E-state index in [4.69, 9.17) is 21.1 Å². The number of hydrogen-bond donors (Lipinski definition) is 0. The second-order valence-electron chi connectivity index (χ2n) is 5.84. The topological polar surface area (TPSA) is 47.5 Å². The third-order valence-corrected chi connectivity index (χ3v) is 4.67. The zero-order valence-corrected chi connectivity index (χ0v) is 15.1. The van der Waals surface area contributed by atoms with Gasteiger partial charge in [0.2, 0.25) is 0 Å². The normalized spacial score (nSPS) is 13.0. The molecular formula is C19H15ClFN3O2. The highest BCUT2D eigenvalue weighted by Gasteiger charge is 2.27. The molecule has 0 N–H and O–H groups in total. The second kappa shape index (κ2) is 6.14. The number of rotatable bonds is 3. The number of allylic oxidation sites excluding steroid dienone is 1. The number of nitrogens with zero attached hydrogens (tertiary/aromatic N) is 3. The van der Waals surface area contributed by atoms with Gasteiger partial charge in [-0.3, -0.25) is 4.90 Å². The molecule has 0 amide bonds. The first-order valence-corrected chi connectivity index (χ1v) is 8.26. The zero-order valence-electron chi connectivity index (χ0n) is 14.4. The predicted molar refractivity (Wildman–Crippen MR) is 99.8 cm³/mol. The maximum atomic E-state index is 14.0. The minimum absolute atomic E-state index is 0.0760. The van der Waals surface area contributed by atoms with E-state index in [2.05, 4.69) is 9.97 Å². The summed E-state index contributed by atoms with van der Waals surface area (Å²) < 4.78 is 25.0. The van der Waals surface area contributed by atoms with Crippen molar-refractivity contribution < 1.29 is 13.9 Å². The van der Waals surface area contributed by atoms with Gasteiger partial charge in [-0.2, -0.15) is 0 Å². The van der Waals surface area contributed by atoms with E-state index < -0.39 is 5.82 Å². The maximum absolute atomic E-state index is 14.0. The number of methoxy groups -OCH3 is 2. The zero-order chi connectivity index (χ0) is 18.4. The fraction of sp³-hybridized carbons (Fsp3) is 0.158. The summed E-state index contributed by atoms with van der Waals surface area (Å²) in [7, 11) is 3.18. The van der Waals surface area contributed by atoms with Gasteiger partial charge >= 0.3 is 0 Å². The summed E-state index contributed by atoms with van der Waals surface area (Å²) in [5.74, 6) is 1.36. The smallest absolute Gasteiger partial charge is 0.168 e. The van der Waals surface area contributed by atoms with E-state index in [9.17, 15) is 4.39 Å². The van der Waals surface area contributed by atoms with Gasteiger partial charge in [0.15, 0.2) is 11.5 Å². The van der Waals surface area contributed by atoms with Crippen LogP contribution >= 0.6 is 11.6 Å². The Kier molecular flexibility index (Phi) is 3.92. The number of aromatic nitrogens is 2. The summed E-state index contributed by atoms with van der Waals surface area (Å²) in [4.78, 5) is 10.7. The van der Waals surface area contributed by atoms with Gasteiger partial charge in [-0.15, -0.1) is 0 Å². The Balaban J connectivity index is 2.03. The van der Waals surface area contributed by atoms with Gasteiger partial charge in [0.05, 0.1) is 35.8 Å². The van der Waals surface area contributed by atoms with E-state index in [0.29, 0.717) is 28.5 Å². The van der Waals surface area contributed by atoms with E-state index in [1.807, 2.05) is 17.9 Å². The lowest BCUT2D eigenvalue weighted by atomic mass is 10.0. The Labute approximate surface area is 154 Å². The Morgan fingerprint density at radius 1 is 1.12 bits per heavy atom. The average molecular weight is 372 g/mol. The van der Waals surface area contributed by atoms with Crippen LogP contribution in [-0.4, -0.2) is 24.2 Å². The molecule has 2 heterocycles. The molecule has 0 bridgehead atoms. The molecule has 1 aliphatic heterocycles. The SMILES string of the molecule is COc1cc2ncnc3c2c(c1OC)C=C(C)N3c1ccc(Cl)c(F)c1. The standard InChI is InChI=1S/C19H15ClFN3O2/c1-10-6-12-17-15(8-16(25-2)18(12)26-3)22-9-23-19(17)24(10)11-4-5-13(20)14(21)7-11/h4-9H,1-3H3. The third-order valence-electron chi connectivity index (χ3n) is 4.37. The Bertz CT molecular complexity index is 1070. The summed E-state index contributed by atoms with van der Waals surface area (Å²) in [6.07, 6.45) is 3.43. The third kappa shape index (κ3) is 2.37. The van der Waals surface area contributed by atoms with Crippen molar-refractivity contribution >= 4 is 40.1 Å². The van der Waals surface area contributed by atoms with Gasteiger partial charge in [-0.05, 0) is 31.2 Å². The molecule has 2 aromatic carbocycles. The van der Waals surface area contributed by atoms with Crippen LogP contribution in [-0.2, 0) is 0 Å². The highest BCUT2D eigenvalue weighted by atomic mass is 35.5. The van der Waals surface area contributed by atoms with Crippen LogP contribution in [0.1, 0.15) is 12.5 Å². The number of hydrogen-bond acceptors (Lipinski definition) is 5. The molecule has 0 spiro atoms. The highest BCUT2D eigenvalue weighted by molar-refractivity contribution is 6.30. The number of benzene rings is 2. The van der Waals surface area contributed by atoms with E-state index in [0.717, 1.165) is 16.6 Å². The summed E-state index contributed by atoms with van der Waals surface area (Å²) >= 11 is 5.83. The fourth-order valence-corrected chi connectivity index (χ4v) is 3.37. The molecule has 0 aliphatic carbocycles. The van der Waals surface area contributed by atoms with Crippen LogP contribution in [0, 0.1) is 5.82 Å². The van der Waals surface area contributed by atoms with E-state index >= 15 is 0 Å². The average Bonchev–Trinajstić information content (AvgIpc) is 2.64. The molecule has 0 atom stereocenters. The maximum Gasteiger partial charge on any atom is 0.168 e. The van der Waals surface area contributed by atoms with Gasteiger partial charge in [0.1, 0.15) is 18.0 Å². The molecular weight excluding hydrogens is 357 g/mol. The van der Waals surface area contributed by atoms with Crippen molar-refractivity contribution in [3.8, 4) is 11.5 Å². The van der Waals surface area contributed by atoms with E-state index in [1.54, 1.807) is 26.4 Å². The van der Waals surface area contributed by atoms with Crippen molar-refractivity contribution in [2.45, 2.75) is 6.92 Å². The molecule has 0 saturated heterocycles. The first-order valence-electron chi connectivity index (χ1n) is 7.88. The lowest BCUT2D eigenvalue weighted by Crippen LogP contribution is -2.19. The van der Waals surface area contributed by atoms with Crippen molar-refractivity contribution in [3.63, 3.8) is 0 Å². The molecule has 0 fully saturated rings. The van der Waals surface area contributed by atoms with Crippen LogP contribution in [0.4, 0.5) is 15.9 Å². The molecule has 3 aromatic rings.